The van der Waals surface area contributed by atoms with Crippen molar-refractivity contribution >= 4 is 27.8 Å². The molecule has 4 rings (SSSR count). The molecule has 252 valence electrons. The van der Waals surface area contributed by atoms with Crippen LogP contribution in [0.1, 0.15) is 148 Å². The average molecular weight is 626 g/mol. The van der Waals surface area contributed by atoms with Crippen molar-refractivity contribution < 1.29 is 0 Å². The third kappa shape index (κ3) is 10.6. The number of anilines is 1. The zero-order valence-corrected chi connectivity index (χ0v) is 29.9. The topological polar surface area (TPSA) is 60.0 Å². The van der Waals surface area contributed by atoms with Crippen molar-refractivity contribution in [3.63, 3.8) is 0 Å². The summed E-state index contributed by atoms with van der Waals surface area (Å²) in [6.07, 6.45) is 21.4. The van der Waals surface area contributed by atoms with E-state index >= 15 is 0 Å². The lowest BCUT2D eigenvalue weighted by molar-refractivity contribution is 0.124. The van der Waals surface area contributed by atoms with Crippen molar-refractivity contribution in [2.24, 2.45) is 0 Å². The van der Waals surface area contributed by atoms with Crippen LogP contribution in [0, 0.1) is 0 Å². The highest BCUT2D eigenvalue weighted by Crippen LogP contribution is 2.30. The Morgan fingerprint density at radius 2 is 1.24 bits per heavy atom. The Labute approximate surface area is 280 Å². The minimum absolute atomic E-state index is 0.148. The molecule has 5 heteroatoms. The van der Waals surface area contributed by atoms with Crippen LogP contribution in [0.15, 0.2) is 48.5 Å². The maximum absolute atomic E-state index is 6.43. The number of unbranched alkanes of at least 4 members (excludes halogenated alkanes) is 13. The van der Waals surface area contributed by atoms with Gasteiger partial charge < -0.3 is 10.3 Å². The molecule has 5 nitrogen and oxygen atoms in total. The fourth-order valence-electron chi connectivity index (χ4n) is 6.73. The minimum atomic E-state index is 0.148. The van der Waals surface area contributed by atoms with Gasteiger partial charge in [-0.15, -0.1) is 0 Å². The van der Waals surface area contributed by atoms with E-state index in [1.165, 1.54) is 94.6 Å². The van der Waals surface area contributed by atoms with Crippen LogP contribution in [0.3, 0.4) is 0 Å². The summed E-state index contributed by atoms with van der Waals surface area (Å²) in [5.41, 5.74) is 12.1. The molecule has 0 spiro atoms. The fourth-order valence-corrected chi connectivity index (χ4v) is 6.73. The summed E-state index contributed by atoms with van der Waals surface area (Å²) in [5, 5.41) is 1.12. The molecule has 2 heterocycles. The molecule has 46 heavy (non-hydrogen) atoms. The predicted octanol–water partition coefficient (Wildman–Crippen LogP) is 11.2. The second kappa shape index (κ2) is 18.4. The number of pyridine rings is 1. The van der Waals surface area contributed by atoms with Gasteiger partial charge in [0, 0.05) is 30.4 Å². The minimum Gasteiger partial charge on any atom is -0.382 e. The van der Waals surface area contributed by atoms with Gasteiger partial charge in [0.2, 0.25) is 0 Å². The molecule has 2 aromatic heterocycles. The van der Waals surface area contributed by atoms with E-state index in [9.17, 15) is 0 Å². The van der Waals surface area contributed by atoms with Gasteiger partial charge in [0.1, 0.15) is 11.3 Å². The lowest BCUT2D eigenvalue weighted by Gasteiger charge is -2.36. The maximum Gasteiger partial charge on any atom is 0.152 e. The Hall–Kier alpha value is -2.92. The monoisotopic (exact) mass is 626 g/mol. The summed E-state index contributed by atoms with van der Waals surface area (Å²) in [4.78, 5) is 12.3. The van der Waals surface area contributed by atoms with Crippen molar-refractivity contribution in [3.8, 4) is 0 Å². The summed E-state index contributed by atoms with van der Waals surface area (Å²) >= 11 is 0. The highest BCUT2D eigenvalue weighted by Gasteiger charge is 2.21. The Bertz CT molecular complexity index is 1450. The Balaban J connectivity index is 1.31. The van der Waals surface area contributed by atoms with E-state index in [0.29, 0.717) is 5.82 Å². The van der Waals surface area contributed by atoms with Crippen molar-refractivity contribution in [2.45, 2.75) is 156 Å². The Kier molecular flexibility index (Phi) is 14.4. The molecule has 0 fully saturated rings. The number of para-hydroxylation sites is 1. The van der Waals surface area contributed by atoms with E-state index in [2.05, 4.69) is 85.5 Å². The molecule has 2 N–H and O–H groups in total. The van der Waals surface area contributed by atoms with Crippen LogP contribution in [0.4, 0.5) is 5.82 Å². The number of nitrogens with two attached hydrogens (primary N) is 1. The molecule has 0 bridgehead atoms. The molecular formula is C41H63N5. The first-order chi connectivity index (χ1) is 22.3. The molecule has 0 radical (unpaired) electrons. The first-order valence-electron chi connectivity index (χ1n) is 18.7. The Morgan fingerprint density at radius 1 is 0.674 bits per heavy atom. The molecule has 0 saturated heterocycles. The predicted molar refractivity (Wildman–Crippen MR) is 199 cm³/mol. The van der Waals surface area contributed by atoms with Crippen LogP contribution in [0.2, 0.25) is 0 Å². The molecular weight excluding hydrogens is 562 g/mol. The SMILES string of the molecule is CCCCCCCCCCCCCCCN(Cc1ccc(Cn2c(CCCC)nc3c(N)nc4ccccc4c32)cc1)C(C)(C)C. The van der Waals surface area contributed by atoms with E-state index in [4.69, 9.17) is 10.7 Å². The number of fused-ring (bicyclic) bond motifs is 3. The number of aromatic nitrogens is 3. The Morgan fingerprint density at radius 3 is 1.85 bits per heavy atom. The van der Waals surface area contributed by atoms with Crippen LogP contribution in [0.25, 0.3) is 21.9 Å². The molecule has 2 aromatic carbocycles. The van der Waals surface area contributed by atoms with Crippen LogP contribution in [-0.4, -0.2) is 31.5 Å². The van der Waals surface area contributed by atoms with Gasteiger partial charge in [0.25, 0.3) is 0 Å². The number of nitrogen functional groups attached to an aromatic ring is 1. The third-order valence-corrected chi connectivity index (χ3v) is 9.66. The van der Waals surface area contributed by atoms with E-state index in [1.807, 2.05) is 12.1 Å². The van der Waals surface area contributed by atoms with Crippen LogP contribution >= 0.6 is 0 Å². The maximum atomic E-state index is 6.43. The van der Waals surface area contributed by atoms with Crippen LogP contribution in [0.5, 0.6) is 0 Å². The largest absolute Gasteiger partial charge is 0.382 e. The zero-order chi connectivity index (χ0) is 32.8. The van der Waals surface area contributed by atoms with Gasteiger partial charge >= 0.3 is 0 Å². The smallest absolute Gasteiger partial charge is 0.152 e. The number of aryl methyl sites for hydroxylation is 1. The second-order valence-electron chi connectivity index (χ2n) is 14.6. The number of imidazole rings is 1. The summed E-state index contributed by atoms with van der Waals surface area (Å²) < 4.78 is 2.39. The molecule has 0 aliphatic carbocycles. The van der Waals surface area contributed by atoms with E-state index < -0.39 is 0 Å². The lowest BCUT2D eigenvalue weighted by atomic mass is 10.0. The number of hydrogen-bond donors (Lipinski definition) is 1. The first kappa shape index (κ1) is 35.9. The van der Waals surface area contributed by atoms with Crippen molar-refractivity contribution in [2.75, 3.05) is 12.3 Å². The quantitative estimate of drug-likeness (QED) is 0.0936. The third-order valence-electron chi connectivity index (χ3n) is 9.66. The van der Waals surface area contributed by atoms with Crippen molar-refractivity contribution in [3.05, 3.63) is 65.5 Å². The summed E-state index contributed by atoms with van der Waals surface area (Å²) in [5.74, 6) is 1.62. The summed E-state index contributed by atoms with van der Waals surface area (Å²) in [6.45, 7) is 14.5. The van der Waals surface area contributed by atoms with Gasteiger partial charge in [-0.3, -0.25) is 4.90 Å². The number of hydrogen-bond acceptors (Lipinski definition) is 4. The fraction of sp³-hybridized carbons (Fsp3) is 0.610. The van der Waals surface area contributed by atoms with E-state index in [0.717, 1.165) is 66.7 Å². The molecule has 0 aliphatic rings. The van der Waals surface area contributed by atoms with Crippen LogP contribution in [-0.2, 0) is 19.5 Å². The van der Waals surface area contributed by atoms with E-state index in [-0.39, 0.29) is 5.54 Å². The molecule has 0 atom stereocenters. The second-order valence-corrected chi connectivity index (χ2v) is 14.6. The molecule has 0 amide bonds. The lowest BCUT2D eigenvalue weighted by Crippen LogP contribution is -2.41. The number of rotatable bonds is 21. The summed E-state index contributed by atoms with van der Waals surface area (Å²) in [7, 11) is 0. The van der Waals surface area contributed by atoms with Crippen LogP contribution < -0.4 is 5.73 Å². The highest BCUT2D eigenvalue weighted by molar-refractivity contribution is 6.06. The highest BCUT2D eigenvalue weighted by atomic mass is 15.2. The zero-order valence-electron chi connectivity index (χ0n) is 29.9. The normalized spacial score (nSPS) is 12.2. The van der Waals surface area contributed by atoms with Gasteiger partial charge in [-0.1, -0.05) is 140 Å². The number of nitrogens with zero attached hydrogens (tertiary/aromatic N) is 4. The number of benzene rings is 2. The molecule has 4 aromatic rings. The molecule has 0 saturated carbocycles. The summed E-state index contributed by atoms with van der Waals surface area (Å²) in [6, 6.07) is 17.6. The standard InChI is InChI=1S/C41H63N5/c1-6-8-10-11-12-13-14-15-16-17-18-19-22-30-45(41(3,4)5)31-33-26-28-34(29-27-33)32-46-37(25-9-7-2)44-38-39(46)35-23-20-21-24-36(35)43-40(38)42/h20-21,23-24,26-29H,6-19,22,25,30-32H2,1-5H3,(H2,42,43). The van der Waals surface area contributed by atoms with E-state index in [1.54, 1.807) is 0 Å². The van der Waals surface area contributed by atoms with Gasteiger partial charge in [-0.25, -0.2) is 9.97 Å². The van der Waals surface area contributed by atoms with Crippen molar-refractivity contribution in [1.29, 1.82) is 0 Å². The molecule has 0 aliphatic heterocycles. The first-order valence-corrected chi connectivity index (χ1v) is 18.7. The van der Waals surface area contributed by atoms with Crippen molar-refractivity contribution in [1.82, 2.24) is 19.4 Å². The van der Waals surface area contributed by atoms with Gasteiger partial charge in [0.05, 0.1) is 11.0 Å². The molecule has 0 unspecified atom stereocenters. The van der Waals surface area contributed by atoms with Gasteiger partial charge in [0.15, 0.2) is 5.82 Å². The van der Waals surface area contributed by atoms with Gasteiger partial charge in [-0.2, -0.15) is 0 Å². The van der Waals surface area contributed by atoms with Gasteiger partial charge in [-0.05, 0) is 57.4 Å². The average Bonchev–Trinajstić information content (AvgIpc) is 3.40.